The number of benzene rings is 1. The van der Waals surface area contributed by atoms with Gasteiger partial charge in [-0.25, -0.2) is 10.1 Å². The molecule has 4 rings (SSSR count). The zero-order valence-corrected chi connectivity index (χ0v) is 13.3. The van der Waals surface area contributed by atoms with Crippen LogP contribution in [-0.4, -0.2) is 26.3 Å². The highest BCUT2D eigenvalue weighted by Gasteiger charge is 2.24. The lowest BCUT2D eigenvalue weighted by Crippen LogP contribution is -2.33. The van der Waals surface area contributed by atoms with Crippen LogP contribution in [-0.2, 0) is 13.0 Å². The Morgan fingerprint density at radius 1 is 1.28 bits per heavy atom. The van der Waals surface area contributed by atoms with Gasteiger partial charge in [0.1, 0.15) is 11.8 Å². The third kappa shape index (κ3) is 2.42. The van der Waals surface area contributed by atoms with E-state index in [0.717, 1.165) is 23.5 Å². The van der Waals surface area contributed by atoms with Gasteiger partial charge < -0.3 is 10.6 Å². The molecular formula is C17H15N7O. The molecule has 0 unspecified atom stereocenters. The maximum Gasteiger partial charge on any atom is 0.289 e. The number of imidazole rings is 1. The minimum Gasteiger partial charge on any atom is -0.392 e. The highest BCUT2D eigenvalue weighted by Crippen LogP contribution is 2.28. The van der Waals surface area contributed by atoms with Crippen molar-refractivity contribution in [1.29, 1.82) is 5.26 Å². The van der Waals surface area contributed by atoms with Gasteiger partial charge in [-0.3, -0.25) is 9.36 Å². The predicted molar refractivity (Wildman–Crippen MR) is 92.3 cm³/mol. The van der Waals surface area contributed by atoms with E-state index in [2.05, 4.69) is 21.3 Å². The predicted octanol–water partition coefficient (Wildman–Crippen LogP) is 0.972. The van der Waals surface area contributed by atoms with Crippen LogP contribution in [0, 0.1) is 11.3 Å². The van der Waals surface area contributed by atoms with Crippen molar-refractivity contribution >= 4 is 11.4 Å². The fourth-order valence-corrected chi connectivity index (χ4v) is 3.13. The van der Waals surface area contributed by atoms with Crippen LogP contribution in [0.15, 0.2) is 41.6 Å². The van der Waals surface area contributed by atoms with Crippen molar-refractivity contribution < 1.29 is 0 Å². The Bertz CT molecular complexity index is 1040. The number of nitriles is 1. The molecule has 1 aliphatic rings. The third-order valence-electron chi connectivity index (χ3n) is 4.41. The van der Waals surface area contributed by atoms with E-state index in [1.165, 1.54) is 0 Å². The molecule has 0 bridgehead atoms. The zero-order chi connectivity index (χ0) is 17.4. The van der Waals surface area contributed by atoms with Crippen LogP contribution in [0.4, 0.5) is 11.4 Å². The first-order chi connectivity index (χ1) is 12.2. The summed E-state index contributed by atoms with van der Waals surface area (Å²) < 4.78 is 1.93. The molecule has 0 saturated heterocycles. The molecule has 0 aliphatic carbocycles. The highest BCUT2D eigenvalue weighted by molar-refractivity contribution is 5.65. The Labute approximate surface area is 143 Å². The molecule has 8 heteroatoms. The van der Waals surface area contributed by atoms with Gasteiger partial charge in [-0.1, -0.05) is 12.1 Å². The Morgan fingerprint density at radius 3 is 2.96 bits per heavy atom. The van der Waals surface area contributed by atoms with Crippen molar-refractivity contribution in [3.63, 3.8) is 0 Å². The number of nitrogen functional groups attached to an aromatic ring is 1. The minimum atomic E-state index is -0.397. The maximum atomic E-state index is 11.7. The molecule has 3 heterocycles. The maximum absolute atomic E-state index is 11.7. The van der Waals surface area contributed by atoms with E-state index < -0.39 is 5.56 Å². The molecule has 1 aromatic carbocycles. The number of nitrogens with one attached hydrogen (secondary N) is 1. The van der Waals surface area contributed by atoms with Gasteiger partial charge in [0.25, 0.3) is 5.56 Å². The standard InChI is InChI=1S/C17H15N7O/c18-7-11-3-1-2-4-13(11)24-10-20-12-5-6-23(9-15(12)24)14-8-21-22-17(25)16(14)19/h1-4,8,10H,5-6,9H2,(H2,19,21)(H,22,25). The first-order valence-corrected chi connectivity index (χ1v) is 7.81. The smallest absolute Gasteiger partial charge is 0.289 e. The summed E-state index contributed by atoms with van der Waals surface area (Å²) in [5.41, 5.74) is 9.61. The van der Waals surface area contributed by atoms with Crippen molar-refractivity contribution in [2.45, 2.75) is 13.0 Å². The van der Waals surface area contributed by atoms with Crippen molar-refractivity contribution in [1.82, 2.24) is 19.7 Å². The van der Waals surface area contributed by atoms with Crippen LogP contribution >= 0.6 is 0 Å². The fourth-order valence-electron chi connectivity index (χ4n) is 3.13. The van der Waals surface area contributed by atoms with Gasteiger partial charge in [-0.05, 0) is 12.1 Å². The SMILES string of the molecule is N#Cc1ccccc1-n1cnc2c1CN(c1cn[nH]c(=O)c1N)CC2. The van der Waals surface area contributed by atoms with Crippen LogP contribution in [0.25, 0.3) is 5.69 Å². The van der Waals surface area contributed by atoms with Crippen LogP contribution < -0.4 is 16.2 Å². The van der Waals surface area contributed by atoms with E-state index in [-0.39, 0.29) is 5.69 Å². The van der Waals surface area contributed by atoms with Crippen LogP contribution in [0.2, 0.25) is 0 Å². The lowest BCUT2D eigenvalue weighted by molar-refractivity contribution is 0.694. The number of fused-ring (bicyclic) bond motifs is 1. The molecule has 3 aromatic rings. The van der Waals surface area contributed by atoms with Crippen molar-refractivity contribution in [3.05, 3.63) is 64.1 Å². The van der Waals surface area contributed by atoms with E-state index in [1.807, 2.05) is 27.7 Å². The molecule has 0 atom stereocenters. The summed E-state index contributed by atoms with van der Waals surface area (Å²) in [5.74, 6) is 0. The molecule has 3 N–H and O–H groups in total. The second-order valence-electron chi connectivity index (χ2n) is 5.81. The van der Waals surface area contributed by atoms with Crippen molar-refractivity contribution in [2.75, 3.05) is 17.2 Å². The quantitative estimate of drug-likeness (QED) is 0.722. The van der Waals surface area contributed by atoms with E-state index in [0.29, 0.717) is 24.3 Å². The van der Waals surface area contributed by atoms with Crippen molar-refractivity contribution in [3.8, 4) is 11.8 Å². The number of anilines is 2. The molecule has 2 aromatic heterocycles. The number of nitrogens with zero attached hydrogens (tertiary/aromatic N) is 5. The van der Waals surface area contributed by atoms with Crippen LogP contribution in [0.5, 0.6) is 0 Å². The lowest BCUT2D eigenvalue weighted by Gasteiger charge is -2.29. The molecule has 8 nitrogen and oxygen atoms in total. The van der Waals surface area contributed by atoms with Gasteiger partial charge in [0, 0.05) is 13.0 Å². The largest absolute Gasteiger partial charge is 0.392 e. The third-order valence-corrected chi connectivity index (χ3v) is 4.41. The molecule has 0 fully saturated rings. The van der Waals surface area contributed by atoms with Gasteiger partial charge in [0.15, 0.2) is 0 Å². The Kier molecular flexibility index (Phi) is 3.47. The minimum absolute atomic E-state index is 0.155. The number of hydrogen-bond donors (Lipinski definition) is 2. The first-order valence-electron chi connectivity index (χ1n) is 7.81. The number of rotatable bonds is 2. The normalized spacial score (nSPS) is 13.3. The summed E-state index contributed by atoms with van der Waals surface area (Å²) >= 11 is 0. The van der Waals surface area contributed by atoms with Crippen molar-refractivity contribution in [2.24, 2.45) is 0 Å². The molecule has 0 radical (unpaired) electrons. The number of H-pyrrole nitrogens is 1. The fraction of sp³-hybridized carbons (Fsp3) is 0.176. The molecular weight excluding hydrogens is 318 g/mol. The Morgan fingerprint density at radius 2 is 2.12 bits per heavy atom. The molecule has 124 valence electrons. The summed E-state index contributed by atoms with van der Waals surface area (Å²) in [6.45, 7) is 1.23. The highest BCUT2D eigenvalue weighted by atomic mass is 16.1. The number of para-hydroxylation sites is 1. The van der Waals surface area contributed by atoms with Gasteiger partial charge in [0.2, 0.25) is 0 Å². The summed E-state index contributed by atoms with van der Waals surface area (Å²) in [6, 6.07) is 9.61. The van der Waals surface area contributed by atoms with Crippen LogP contribution in [0.1, 0.15) is 17.0 Å². The number of nitrogens with two attached hydrogens (primary N) is 1. The lowest BCUT2D eigenvalue weighted by atomic mass is 10.1. The molecule has 1 aliphatic heterocycles. The average molecular weight is 333 g/mol. The van der Waals surface area contributed by atoms with Gasteiger partial charge in [0.05, 0.1) is 47.4 Å². The monoisotopic (exact) mass is 333 g/mol. The van der Waals surface area contributed by atoms with E-state index in [1.54, 1.807) is 18.6 Å². The average Bonchev–Trinajstić information content (AvgIpc) is 3.07. The molecule has 0 saturated carbocycles. The van der Waals surface area contributed by atoms with Gasteiger partial charge >= 0.3 is 0 Å². The molecule has 0 amide bonds. The zero-order valence-electron chi connectivity index (χ0n) is 13.3. The number of aromatic nitrogens is 4. The Hall–Kier alpha value is -3.60. The van der Waals surface area contributed by atoms with Gasteiger partial charge in [-0.15, -0.1) is 0 Å². The summed E-state index contributed by atoms with van der Waals surface area (Å²) in [6.07, 6.45) is 4.03. The summed E-state index contributed by atoms with van der Waals surface area (Å²) in [5, 5.41) is 15.5. The number of hydrogen-bond acceptors (Lipinski definition) is 6. The van der Waals surface area contributed by atoms with E-state index in [4.69, 9.17) is 5.73 Å². The topological polar surface area (TPSA) is 117 Å². The van der Waals surface area contributed by atoms with Gasteiger partial charge in [-0.2, -0.15) is 10.4 Å². The first kappa shape index (κ1) is 15.0. The second kappa shape index (κ2) is 5.79. The van der Waals surface area contributed by atoms with E-state index in [9.17, 15) is 10.1 Å². The molecule has 0 spiro atoms. The second-order valence-corrected chi connectivity index (χ2v) is 5.81. The van der Waals surface area contributed by atoms with Crippen LogP contribution in [0.3, 0.4) is 0 Å². The number of aromatic amines is 1. The molecule has 25 heavy (non-hydrogen) atoms. The Balaban J connectivity index is 1.77. The summed E-state index contributed by atoms with van der Waals surface area (Å²) in [4.78, 5) is 18.2. The van der Waals surface area contributed by atoms with E-state index >= 15 is 0 Å². The summed E-state index contributed by atoms with van der Waals surface area (Å²) in [7, 11) is 0.